The van der Waals surface area contributed by atoms with E-state index in [1.807, 2.05) is 10.8 Å². The van der Waals surface area contributed by atoms with Gasteiger partial charge in [-0.15, -0.1) is 0 Å². The van der Waals surface area contributed by atoms with Crippen LogP contribution in [0, 0.1) is 5.92 Å². The van der Waals surface area contributed by atoms with E-state index >= 15 is 0 Å². The molecule has 0 spiro atoms. The molecule has 1 amide bonds. The number of aromatic amines is 1. The fourth-order valence-corrected chi connectivity index (χ4v) is 2.84. The van der Waals surface area contributed by atoms with Crippen molar-refractivity contribution in [3.63, 3.8) is 0 Å². The maximum atomic E-state index is 12.3. The van der Waals surface area contributed by atoms with Gasteiger partial charge < -0.3 is 9.88 Å². The van der Waals surface area contributed by atoms with Crippen molar-refractivity contribution in [3.8, 4) is 0 Å². The van der Waals surface area contributed by atoms with Gasteiger partial charge in [-0.05, 0) is 31.6 Å². The van der Waals surface area contributed by atoms with Crippen LogP contribution in [0.1, 0.15) is 41.5 Å². The molecule has 0 aromatic carbocycles. The minimum Gasteiger partial charge on any atom is -0.350 e. The van der Waals surface area contributed by atoms with Crippen molar-refractivity contribution in [2.45, 2.75) is 39.2 Å². The lowest BCUT2D eigenvalue weighted by molar-refractivity contribution is 0.0940. The fourth-order valence-electron chi connectivity index (χ4n) is 2.84. The van der Waals surface area contributed by atoms with E-state index in [1.54, 1.807) is 12.5 Å². The van der Waals surface area contributed by atoms with Crippen molar-refractivity contribution >= 4 is 5.91 Å². The minimum atomic E-state index is -0.0631. The molecule has 112 valence electrons. The first-order valence-electron chi connectivity index (χ1n) is 7.54. The fraction of sp³-hybridized carbons (Fsp3) is 0.533. The largest absolute Gasteiger partial charge is 0.350 e. The zero-order valence-corrected chi connectivity index (χ0v) is 12.3. The van der Waals surface area contributed by atoms with Crippen LogP contribution < -0.4 is 5.32 Å². The zero-order valence-electron chi connectivity index (χ0n) is 12.3. The van der Waals surface area contributed by atoms with Crippen molar-refractivity contribution in [3.05, 3.63) is 35.7 Å². The van der Waals surface area contributed by atoms with Gasteiger partial charge in [0.2, 0.25) is 0 Å². The Hall–Kier alpha value is -2.11. The standard InChI is InChI=1S/C15H21N5O/c1-11(9-20-7-6-16-10-20)8-17-15(21)14-12-4-2-3-5-13(12)18-19-14/h6-7,10-11H,2-5,8-9H2,1H3,(H,17,21)(H,18,19)/t11-/m1/s1. The number of nitrogens with zero attached hydrogens (tertiary/aromatic N) is 3. The molecule has 0 fully saturated rings. The number of nitrogens with one attached hydrogen (secondary N) is 2. The van der Waals surface area contributed by atoms with E-state index in [1.165, 1.54) is 6.42 Å². The van der Waals surface area contributed by atoms with Crippen LogP contribution in [-0.2, 0) is 19.4 Å². The second-order valence-corrected chi connectivity index (χ2v) is 5.81. The first kappa shape index (κ1) is 13.9. The van der Waals surface area contributed by atoms with Crippen molar-refractivity contribution in [2.75, 3.05) is 6.54 Å². The highest BCUT2D eigenvalue weighted by Gasteiger charge is 2.21. The van der Waals surface area contributed by atoms with E-state index in [4.69, 9.17) is 0 Å². The van der Waals surface area contributed by atoms with Crippen LogP contribution in [0.3, 0.4) is 0 Å². The van der Waals surface area contributed by atoms with Crippen LogP contribution in [0.5, 0.6) is 0 Å². The van der Waals surface area contributed by atoms with E-state index in [2.05, 4.69) is 27.4 Å². The molecule has 6 nitrogen and oxygen atoms in total. The van der Waals surface area contributed by atoms with Gasteiger partial charge in [-0.25, -0.2) is 4.98 Å². The number of hydrogen-bond acceptors (Lipinski definition) is 3. The number of aromatic nitrogens is 4. The Balaban J connectivity index is 1.55. The van der Waals surface area contributed by atoms with E-state index in [-0.39, 0.29) is 5.91 Å². The van der Waals surface area contributed by atoms with Crippen LogP contribution in [0.15, 0.2) is 18.7 Å². The Morgan fingerprint density at radius 1 is 1.48 bits per heavy atom. The molecule has 3 rings (SSSR count). The molecule has 1 aliphatic carbocycles. The molecule has 21 heavy (non-hydrogen) atoms. The number of aryl methyl sites for hydroxylation is 1. The Morgan fingerprint density at radius 2 is 2.33 bits per heavy atom. The van der Waals surface area contributed by atoms with Crippen molar-refractivity contribution in [1.82, 2.24) is 25.1 Å². The Labute approximate surface area is 124 Å². The Kier molecular flexibility index (Phi) is 4.03. The molecule has 0 saturated heterocycles. The summed E-state index contributed by atoms with van der Waals surface area (Å²) in [6.07, 6.45) is 9.78. The normalized spacial score (nSPS) is 15.5. The van der Waals surface area contributed by atoms with E-state index in [9.17, 15) is 4.79 Å². The van der Waals surface area contributed by atoms with Crippen molar-refractivity contribution < 1.29 is 4.79 Å². The van der Waals surface area contributed by atoms with E-state index in [0.717, 1.165) is 37.1 Å². The molecule has 1 atom stereocenters. The first-order valence-corrected chi connectivity index (χ1v) is 7.54. The monoisotopic (exact) mass is 287 g/mol. The van der Waals surface area contributed by atoms with Gasteiger partial charge >= 0.3 is 0 Å². The maximum Gasteiger partial charge on any atom is 0.272 e. The number of H-pyrrole nitrogens is 1. The highest BCUT2D eigenvalue weighted by Crippen LogP contribution is 2.21. The van der Waals surface area contributed by atoms with Crippen molar-refractivity contribution in [2.24, 2.45) is 5.92 Å². The van der Waals surface area contributed by atoms with Crippen LogP contribution in [0.2, 0.25) is 0 Å². The molecule has 2 aromatic rings. The number of carbonyl (C=O) groups is 1. The SMILES string of the molecule is C[C@H](CNC(=O)c1n[nH]c2c1CCCC2)Cn1ccnc1. The Morgan fingerprint density at radius 3 is 3.14 bits per heavy atom. The van der Waals surface area contributed by atoms with Gasteiger partial charge in [0.25, 0.3) is 5.91 Å². The summed E-state index contributed by atoms with van der Waals surface area (Å²) in [5.41, 5.74) is 2.83. The number of hydrogen-bond donors (Lipinski definition) is 2. The third-order valence-electron chi connectivity index (χ3n) is 3.96. The molecule has 2 N–H and O–H groups in total. The molecule has 0 aliphatic heterocycles. The molecular formula is C15H21N5O. The van der Waals surface area contributed by atoms with Gasteiger partial charge in [0.05, 0.1) is 6.33 Å². The zero-order chi connectivity index (χ0) is 14.7. The van der Waals surface area contributed by atoms with Crippen molar-refractivity contribution in [1.29, 1.82) is 0 Å². The lowest BCUT2D eigenvalue weighted by Crippen LogP contribution is -2.30. The number of imidazole rings is 1. The van der Waals surface area contributed by atoms with E-state index < -0.39 is 0 Å². The van der Waals surface area contributed by atoms with Crippen LogP contribution >= 0.6 is 0 Å². The lowest BCUT2D eigenvalue weighted by atomic mass is 9.96. The Bertz CT molecular complexity index is 602. The molecule has 0 bridgehead atoms. The van der Waals surface area contributed by atoms with Gasteiger partial charge in [0.15, 0.2) is 5.69 Å². The predicted octanol–water partition coefficient (Wildman–Crippen LogP) is 1.55. The lowest BCUT2D eigenvalue weighted by Gasteiger charge is -2.14. The van der Waals surface area contributed by atoms with Crippen LogP contribution in [0.4, 0.5) is 0 Å². The summed E-state index contributed by atoms with van der Waals surface area (Å²) in [5.74, 6) is 0.282. The smallest absolute Gasteiger partial charge is 0.272 e. The topological polar surface area (TPSA) is 75.6 Å². The number of amides is 1. The number of rotatable bonds is 5. The average Bonchev–Trinajstić information content (AvgIpc) is 3.13. The van der Waals surface area contributed by atoms with E-state index in [0.29, 0.717) is 18.2 Å². The molecule has 0 radical (unpaired) electrons. The molecule has 1 aliphatic rings. The second-order valence-electron chi connectivity index (χ2n) is 5.81. The minimum absolute atomic E-state index is 0.0631. The van der Waals surface area contributed by atoms with Gasteiger partial charge in [-0.2, -0.15) is 5.10 Å². The van der Waals surface area contributed by atoms with Gasteiger partial charge in [0.1, 0.15) is 0 Å². The van der Waals surface area contributed by atoms with Crippen LogP contribution in [-0.4, -0.2) is 32.2 Å². The summed E-state index contributed by atoms with van der Waals surface area (Å²) in [6.45, 7) is 3.60. The van der Waals surface area contributed by atoms with Gasteiger partial charge in [-0.1, -0.05) is 6.92 Å². The molecule has 6 heteroatoms. The predicted molar refractivity (Wildman–Crippen MR) is 79.0 cm³/mol. The average molecular weight is 287 g/mol. The summed E-state index contributed by atoms with van der Waals surface area (Å²) >= 11 is 0. The molecule has 2 aromatic heterocycles. The summed E-state index contributed by atoms with van der Waals surface area (Å²) in [7, 11) is 0. The number of fused-ring (bicyclic) bond motifs is 1. The van der Waals surface area contributed by atoms with Gasteiger partial charge in [0, 0.05) is 36.7 Å². The molecule has 0 saturated carbocycles. The summed E-state index contributed by atoms with van der Waals surface area (Å²) in [5, 5.41) is 10.2. The molecule has 0 unspecified atom stereocenters. The highest BCUT2D eigenvalue weighted by atomic mass is 16.1. The second kappa shape index (κ2) is 6.11. The third-order valence-corrected chi connectivity index (χ3v) is 3.96. The maximum absolute atomic E-state index is 12.3. The molecule has 2 heterocycles. The quantitative estimate of drug-likeness (QED) is 0.876. The first-order chi connectivity index (χ1) is 10.2. The summed E-state index contributed by atoms with van der Waals surface area (Å²) in [4.78, 5) is 16.3. The van der Waals surface area contributed by atoms with Gasteiger partial charge in [-0.3, -0.25) is 9.89 Å². The molecular weight excluding hydrogens is 266 g/mol. The summed E-state index contributed by atoms with van der Waals surface area (Å²) in [6, 6.07) is 0. The third kappa shape index (κ3) is 3.15. The number of carbonyl (C=O) groups excluding carboxylic acids is 1. The van der Waals surface area contributed by atoms with Crippen LogP contribution in [0.25, 0.3) is 0 Å². The highest BCUT2D eigenvalue weighted by molar-refractivity contribution is 5.94. The summed E-state index contributed by atoms with van der Waals surface area (Å²) < 4.78 is 2.02.